The molecule has 0 rings (SSSR count). The maximum Gasteiger partial charge on any atom is 0.0780 e. The lowest BCUT2D eigenvalue weighted by atomic mass is 10.0. The molecule has 0 unspecified atom stereocenters. The van der Waals surface area contributed by atoms with E-state index in [1.54, 1.807) is 0 Å². The number of unbranched alkanes of at least 4 members (excludes halogenated alkanes) is 49. The molecule has 0 radical (unpaired) electrons. The van der Waals surface area contributed by atoms with Crippen LogP contribution in [0.2, 0.25) is 0 Å². The molecule has 1 heteroatoms. The van der Waals surface area contributed by atoms with E-state index in [1.807, 2.05) is 0 Å². The quantitative estimate of drug-likeness (QED) is 0.0425. The Balaban J connectivity index is 3.06. The van der Waals surface area contributed by atoms with Crippen molar-refractivity contribution < 1.29 is 4.48 Å². The van der Waals surface area contributed by atoms with E-state index in [4.69, 9.17) is 0 Å². The summed E-state index contributed by atoms with van der Waals surface area (Å²) in [5, 5.41) is 0. The van der Waals surface area contributed by atoms with Gasteiger partial charge in [-0.05, 0) is 12.8 Å². The third-order valence-electron chi connectivity index (χ3n) is 13.2. The van der Waals surface area contributed by atoms with Crippen LogP contribution in [0, 0.1) is 0 Å². The third-order valence-corrected chi connectivity index (χ3v) is 13.2. The van der Waals surface area contributed by atoms with Crippen LogP contribution in [0.4, 0.5) is 0 Å². The van der Waals surface area contributed by atoms with Crippen LogP contribution in [0.1, 0.15) is 328 Å². The molecule has 0 heterocycles. The summed E-state index contributed by atoms with van der Waals surface area (Å²) >= 11 is 0. The summed E-state index contributed by atoms with van der Waals surface area (Å²) in [6.45, 7) is 3.65. The van der Waals surface area contributed by atoms with Crippen molar-refractivity contribution in [3.8, 4) is 0 Å². The van der Waals surface area contributed by atoms with Gasteiger partial charge in [-0.2, -0.15) is 0 Å². The van der Waals surface area contributed by atoms with Gasteiger partial charge in [0.05, 0.1) is 27.7 Å². The van der Waals surface area contributed by atoms with Gasteiger partial charge in [0.15, 0.2) is 0 Å². The monoisotopic (exact) mass is 789 g/mol. The van der Waals surface area contributed by atoms with Crippen molar-refractivity contribution in [2.45, 2.75) is 328 Å². The van der Waals surface area contributed by atoms with Crippen molar-refractivity contribution in [1.82, 2.24) is 0 Å². The summed E-state index contributed by atoms with van der Waals surface area (Å²) in [6, 6.07) is 0. The Kier molecular flexibility index (Phi) is 49.3. The zero-order valence-electron chi connectivity index (χ0n) is 40.5. The highest BCUT2D eigenvalue weighted by molar-refractivity contribution is 4.55. The number of hydrogen-bond donors (Lipinski definition) is 0. The van der Waals surface area contributed by atoms with E-state index in [2.05, 4.69) is 28.1 Å². The minimum atomic E-state index is 1.12. The van der Waals surface area contributed by atoms with E-state index in [1.165, 1.54) is 328 Å². The Labute approximate surface area is 358 Å². The normalized spacial score (nSPS) is 12.0. The van der Waals surface area contributed by atoms with Crippen molar-refractivity contribution in [3.63, 3.8) is 0 Å². The minimum Gasteiger partial charge on any atom is -0.331 e. The zero-order chi connectivity index (χ0) is 40.6. The van der Waals surface area contributed by atoms with Crippen LogP contribution < -0.4 is 0 Å². The van der Waals surface area contributed by atoms with E-state index in [0.29, 0.717) is 0 Å². The molecule has 0 saturated heterocycles. The van der Waals surface area contributed by atoms with Crippen LogP contribution >= 0.6 is 0 Å². The standard InChI is InChI=1S/C55H114N/c1-5-6-7-8-9-10-11-12-13-14-15-16-17-18-19-20-21-22-23-24-25-26-27-28-29-30-31-32-33-34-35-36-37-38-39-40-41-42-43-44-45-46-47-48-49-50-51-52-53-54-55-56(2,3)4/h5-55H2,1-4H3/q+1. The fourth-order valence-electron chi connectivity index (χ4n) is 9.14. The molecule has 338 valence electrons. The summed E-state index contributed by atoms with van der Waals surface area (Å²) in [5.41, 5.74) is 0. The number of nitrogens with zero attached hydrogens (tertiary/aromatic N) is 1. The molecule has 0 saturated carbocycles. The summed E-state index contributed by atoms with van der Waals surface area (Å²) in [7, 11) is 6.94. The van der Waals surface area contributed by atoms with Crippen LogP contribution in [-0.2, 0) is 0 Å². The highest BCUT2D eigenvalue weighted by atomic mass is 15.3. The average molecular weight is 790 g/mol. The molecule has 0 aliphatic rings. The maximum atomic E-state index is 2.31. The largest absolute Gasteiger partial charge is 0.331 e. The van der Waals surface area contributed by atoms with Crippen LogP contribution in [0.25, 0.3) is 0 Å². The first-order valence-electron chi connectivity index (χ1n) is 27.4. The number of hydrogen-bond acceptors (Lipinski definition) is 0. The SMILES string of the molecule is CCCCCCCCCCCCCCCCCCCCCCCCCCCCCCCCCCCCCCCCCCCCCCCCCCCC[N+](C)(C)C. The second kappa shape index (κ2) is 49.3. The molecular weight excluding hydrogens is 675 g/mol. The van der Waals surface area contributed by atoms with E-state index in [0.717, 1.165) is 4.48 Å². The fourth-order valence-corrected chi connectivity index (χ4v) is 9.14. The van der Waals surface area contributed by atoms with Gasteiger partial charge in [-0.25, -0.2) is 0 Å². The van der Waals surface area contributed by atoms with Crippen molar-refractivity contribution in [1.29, 1.82) is 0 Å². The van der Waals surface area contributed by atoms with E-state index >= 15 is 0 Å². The summed E-state index contributed by atoms with van der Waals surface area (Å²) < 4.78 is 1.12. The fraction of sp³-hybridized carbons (Fsp3) is 1.00. The lowest BCUT2D eigenvalue weighted by Crippen LogP contribution is -2.35. The summed E-state index contributed by atoms with van der Waals surface area (Å²) in [4.78, 5) is 0. The summed E-state index contributed by atoms with van der Waals surface area (Å²) in [5.74, 6) is 0. The molecule has 0 fully saturated rings. The van der Waals surface area contributed by atoms with Gasteiger partial charge in [-0.15, -0.1) is 0 Å². The molecule has 0 aromatic carbocycles. The zero-order valence-corrected chi connectivity index (χ0v) is 40.5. The average Bonchev–Trinajstić information content (AvgIpc) is 3.18. The first kappa shape index (κ1) is 56.0. The minimum absolute atomic E-state index is 1.12. The topological polar surface area (TPSA) is 0 Å². The van der Waals surface area contributed by atoms with Crippen LogP contribution in [0.15, 0.2) is 0 Å². The van der Waals surface area contributed by atoms with Gasteiger partial charge in [0.1, 0.15) is 0 Å². The molecule has 0 aromatic rings. The second-order valence-corrected chi connectivity index (χ2v) is 20.3. The van der Waals surface area contributed by atoms with Gasteiger partial charge >= 0.3 is 0 Å². The molecule has 0 spiro atoms. The maximum absolute atomic E-state index is 2.31. The molecular formula is C55H114N+. The first-order chi connectivity index (χ1) is 27.6. The molecule has 0 bridgehead atoms. The lowest BCUT2D eigenvalue weighted by Gasteiger charge is -2.23. The summed E-state index contributed by atoms with van der Waals surface area (Å²) in [6.07, 6.45) is 74.3. The Morgan fingerprint density at radius 1 is 0.161 bits per heavy atom. The smallest absolute Gasteiger partial charge is 0.0780 e. The number of quaternary nitrogens is 1. The van der Waals surface area contributed by atoms with E-state index in [-0.39, 0.29) is 0 Å². The molecule has 0 amide bonds. The van der Waals surface area contributed by atoms with Crippen LogP contribution in [0.3, 0.4) is 0 Å². The Bertz CT molecular complexity index is 663. The van der Waals surface area contributed by atoms with Crippen molar-refractivity contribution in [3.05, 3.63) is 0 Å². The van der Waals surface area contributed by atoms with Crippen molar-refractivity contribution in [2.24, 2.45) is 0 Å². The molecule has 0 atom stereocenters. The van der Waals surface area contributed by atoms with Gasteiger partial charge in [0, 0.05) is 0 Å². The Morgan fingerprint density at radius 3 is 0.375 bits per heavy atom. The third kappa shape index (κ3) is 54.0. The predicted octanol–water partition coefficient (Wildman–Crippen LogP) is 20.2. The molecule has 0 aliphatic carbocycles. The molecule has 0 aliphatic heterocycles. The second-order valence-electron chi connectivity index (χ2n) is 20.3. The number of rotatable bonds is 51. The first-order valence-corrected chi connectivity index (χ1v) is 27.4. The molecule has 1 nitrogen and oxygen atoms in total. The van der Waals surface area contributed by atoms with Gasteiger partial charge in [0.2, 0.25) is 0 Å². The van der Waals surface area contributed by atoms with Gasteiger partial charge in [0.25, 0.3) is 0 Å². The lowest BCUT2D eigenvalue weighted by molar-refractivity contribution is -0.870. The highest BCUT2D eigenvalue weighted by Gasteiger charge is 2.05. The molecule has 56 heavy (non-hydrogen) atoms. The van der Waals surface area contributed by atoms with Crippen LogP contribution in [-0.4, -0.2) is 32.2 Å². The molecule has 0 aromatic heterocycles. The van der Waals surface area contributed by atoms with E-state index < -0.39 is 0 Å². The van der Waals surface area contributed by atoms with Gasteiger partial charge in [-0.1, -0.05) is 315 Å². The Hall–Kier alpha value is -0.0400. The van der Waals surface area contributed by atoms with E-state index in [9.17, 15) is 0 Å². The van der Waals surface area contributed by atoms with Crippen LogP contribution in [0.5, 0.6) is 0 Å². The Morgan fingerprint density at radius 2 is 0.268 bits per heavy atom. The van der Waals surface area contributed by atoms with Gasteiger partial charge < -0.3 is 4.48 Å². The molecule has 0 N–H and O–H groups in total. The predicted molar refractivity (Wildman–Crippen MR) is 259 cm³/mol. The van der Waals surface area contributed by atoms with Crippen molar-refractivity contribution in [2.75, 3.05) is 27.7 Å². The highest BCUT2D eigenvalue weighted by Crippen LogP contribution is 2.19. The van der Waals surface area contributed by atoms with Crippen molar-refractivity contribution >= 4 is 0 Å². The van der Waals surface area contributed by atoms with Gasteiger partial charge in [-0.3, -0.25) is 0 Å².